The third kappa shape index (κ3) is 4.67. The number of benzene rings is 1. The van der Waals surface area contributed by atoms with Crippen LogP contribution < -0.4 is 16.4 Å². The van der Waals surface area contributed by atoms with Crippen molar-refractivity contribution in [3.63, 3.8) is 0 Å². The summed E-state index contributed by atoms with van der Waals surface area (Å²) in [5.74, 6) is 2.01. The third-order valence-electron chi connectivity index (χ3n) is 5.71. The quantitative estimate of drug-likeness (QED) is 0.351. The molecule has 1 aromatic carbocycles. The Morgan fingerprint density at radius 2 is 1.67 bits per heavy atom. The Balaban J connectivity index is 1.47. The van der Waals surface area contributed by atoms with E-state index in [4.69, 9.17) is 5.73 Å². The van der Waals surface area contributed by atoms with Crippen LogP contribution in [0, 0.1) is 13.8 Å². The van der Waals surface area contributed by atoms with Gasteiger partial charge in [0, 0.05) is 24.2 Å². The second kappa shape index (κ2) is 9.48. The van der Waals surface area contributed by atoms with Crippen LogP contribution in [0.4, 0.5) is 17.5 Å². The maximum atomic E-state index is 6.06. The molecule has 0 saturated heterocycles. The largest absolute Gasteiger partial charge is 0.383 e. The lowest BCUT2D eigenvalue weighted by atomic mass is 9.96. The van der Waals surface area contributed by atoms with Crippen LogP contribution in [0.15, 0.2) is 56.0 Å². The monoisotopic (exact) mass is 437 g/mol. The highest BCUT2D eigenvalue weighted by Crippen LogP contribution is 2.28. The van der Waals surface area contributed by atoms with Crippen molar-refractivity contribution in [2.24, 2.45) is 0 Å². The highest BCUT2D eigenvalue weighted by atomic mass is 15.1. The molecule has 0 unspecified atom stereocenters. The minimum Gasteiger partial charge on any atom is -0.383 e. The Kier molecular flexibility index (Phi) is 6.31. The number of hydrogen-bond acceptors (Lipinski definition) is 7. The fraction of sp³-hybridized carbons (Fsp3) is 0.154. The van der Waals surface area contributed by atoms with Crippen molar-refractivity contribution in [3.8, 4) is 0 Å². The highest BCUT2D eigenvalue weighted by Gasteiger charge is 2.10. The Labute approximate surface area is 193 Å². The van der Waals surface area contributed by atoms with E-state index in [1.54, 1.807) is 24.7 Å². The van der Waals surface area contributed by atoms with E-state index in [2.05, 4.69) is 63.6 Å². The molecule has 7 nitrogen and oxygen atoms in total. The van der Waals surface area contributed by atoms with Gasteiger partial charge in [-0.2, -0.15) is 0 Å². The molecule has 3 heterocycles. The first-order valence-electron chi connectivity index (χ1n) is 10.7. The Bertz CT molecular complexity index is 1340. The molecule has 0 atom stereocenters. The molecule has 4 rings (SSSR count). The number of anilines is 3. The van der Waals surface area contributed by atoms with Gasteiger partial charge >= 0.3 is 0 Å². The van der Waals surface area contributed by atoms with Crippen molar-refractivity contribution < 1.29 is 0 Å². The fourth-order valence-electron chi connectivity index (χ4n) is 3.88. The smallest absolute Gasteiger partial charge is 0.131 e. The molecule has 0 aliphatic rings. The summed E-state index contributed by atoms with van der Waals surface area (Å²) in [6, 6.07) is 9.94. The van der Waals surface area contributed by atoms with E-state index in [1.807, 2.05) is 24.3 Å². The first kappa shape index (κ1) is 22.0. The standard InChI is InChI=1S/C26H27N7/c1-5-18-7-8-19(33-23(18)6-2)13-29-24-12-25(32-15-31-24)30-14-22-16(3)11-21-20(17(22)4)9-10-28-26(21)27/h5-12,15H,1-2,13-14H2,3-4H3,(H2,27,28)(H2,29,30,31,32). The molecule has 0 bridgehead atoms. The number of nitrogens with zero attached hydrogens (tertiary/aromatic N) is 4. The van der Waals surface area contributed by atoms with Crippen LogP contribution in [0.3, 0.4) is 0 Å². The third-order valence-corrected chi connectivity index (χ3v) is 5.71. The molecule has 0 saturated carbocycles. The molecule has 0 aliphatic heterocycles. The fourth-order valence-corrected chi connectivity index (χ4v) is 3.88. The molecule has 4 aromatic rings. The van der Waals surface area contributed by atoms with E-state index in [9.17, 15) is 0 Å². The van der Waals surface area contributed by atoms with Gasteiger partial charge in [-0.3, -0.25) is 4.98 Å². The SMILES string of the molecule is C=Cc1ccc(CNc2cc(NCc3c(C)cc4c(N)nccc4c3C)ncn2)nc1C=C. The van der Waals surface area contributed by atoms with Crippen LogP contribution in [-0.4, -0.2) is 19.9 Å². The van der Waals surface area contributed by atoms with Crippen molar-refractivity contribution in [2.75, 3.05) is 16.4 Å². The van der Waals surface area contributed by atoms with Gasteiger partial charge in [0.2, 0.25) is 0 Å². The lowest BCUT2D eigenvalue weighted by Crippen LogP contribution is -2.08. The van der Waals surface area contributed by atoms with Gasteiger partial charge in [-0.15, -0.1) is 0 Å². The summed E-state index contributed by atoms with van der Waals surface area (Å²) in [5.41, 5.74) is 12.3. The minimum atomic E-state index is 0.535. The summed E-state index contributed by atoms with van der Waals surface area (Å²) < 4.78 is 0. The van der Waals surface area contributed by atoms with Crippen molar-refractivity contribution in [1.82, 2.24) is 19.9 Å². The average molecular weight is 438 g/mol. The number of fused-ring (bicyclic) bond motifs is 1. The predicted molar refractivity (Wildman–Crippen MR) is 137 cm³/mol. The van der Waals surface area contributed by atoms with Gasteiger partial charge in [-0.25, -0.2) is 15.0 Å². The van der Waals surface area contributed by atoms with Crippen molar-refractivity contribution >= 4 is 40.4 Å². The lowest BCUT2D eigenvalue weighted by Gasteiger charge is -2.15. The summed E-state index contributed by atoms with van der Waals surface area (Å²) in [7, 11) is 0. The molecule has 0 fully saturated rings. The van der Waals surface area contributed by atoms with Crippen LogP contribution >= 0.6 is 0 Å². The number of nitrogen functional groups attached to an aromatic ring is 1. The van der Waals surface area contributed by atoms with Gasteiger partial charge < -0.3 is 16.4 Å². The highest BCUT2D eigenvalue weighted by molar-refractivity contribution is 5.94. The van der Waals surface area contributed by atoms with Gasteiger partial charge in [-0.1, -0.05) is 25.3 Å². The molecule has 0 amide bonds. The van der Waals surface area contributed by atoms with Gasteiger partial charge in [-0.05, 0) is 65.8 Å². The van der Waals surface area contributed by atoms with Crippen LogP contribution in [0.25, 0.3) is 22.9 Å². The van der Waals surface area contributed by atoms with E-state index >= 15 is 0 Å². The van der Waals surface area contributed by atoms with Crippen LogP contribution in [-0.2, 0) is 13.1 Å². The maximum absolute atomic E-state index is 6.06. The number of aryl methyl sites for hydroxylation is 2. The number of rotatable bonds is 8. The molecule has 0 spiro atoms. The summed E-state index contributed by atoms with van der Waals surface area (Å²) in [6.45, 7) is 13.0. The predicted octanol–water partition coefficient (Wildman–Crippen LogP) is 5.13. The zero-order valence-electron chi connectivity index (χ0n) is 18.9. The van der Waals surface area contributed by atoms with E-state index in [0.29, 0.717) is 24.7 Å². The van der Waals surface area contributed by atoms with Gasteiger partial charge in [0.1, 0.15) is 23.8 Å². The normalized spacial score (nSPS) is 10.7. The van der Waals surface area contributed by atoms with Gasteiger partial charge in [0.05, 0.1) is 17.9 Å². The molecule has 0 aliphatic carbocycles. The first-order valence-corrected chi connectivity index (χ1v) is 10.7. The topological polar surface area (TPSA) is 102 Å². The molecule has 4 N–H and O–H groups in total. The number of hydrogen-bond donors (Lipinski definition) is 3. The van der Waals surface area contributed by atoms with Crippen LogP contribution in [0.5, 0.6) is 0 Å². The number of nitrogens with one attached hydrogen (secondary N) is 2. The van der Waals surface area contributed by atoms with Crippen LogP contribution in [0.2, 0.25) is 0 Å². The van der Waals surface area contributed by atoms with Gasteiger partial charge in [0.15, 0.2) is 0 Å². The molecular formula is C26H27N7. The van der Waals surface area contributed by atoms with E-state index in [1.165, 1.54) is 11.1 Å². The molecule has 33 heavy (non-hydrogen) atoms. The number of aromatic nitrogens is 4. The maximum Gasteiger partial charge on any atom is 0.131 e. The average Bonchev–Trinajstić information content (AvgIpc) is 2.83. The first-order chi connectivity index (χ1) is 16.0. The molecular weight excluding hydrogens is 410 g/mol. The number of pyridine rings is 2. The minimum absolute atomic E-state index is 0.535. The van der Waals surface area contributed by atoms with E-state index in [0.717, 1.165) is 39.1 Å². The lowest BCUT2D eigenvalue weighted by molar-refractivity contribution is 1.01. The zero-order chi connectivity index (χ0) is 23.4. The van der Waals surface area contributed by atoms with Crippen LogP contribution in [0.1, 0.15) is 33.6 Å². The zero-order valence-corrected chi connectivity index (χ0v) is 18.9. The molecule has 166 valence electrons. The second-order valence-electron chi connectivity index (χ2n) is 7.77. The Morgan fingerprint density at radius 1 is 0.909 bits per heavy atom. The molecule has 0 radical (unpaired) electrons. The second-order valence-corrected chi connectivity index (χ2v) is 7.77. The van der Waals surface area contributed by atoms with Crippen molar-refractivity contribution in [2.45, 2.75) is 26.9 Å². The summed E-state index contributed by atoms with van der Waals surface area (Å²) >= 11 is 0. The summed E-state index contributed by atoms with van der Waals surface area (Å²) in [5, 5.41) is 8.82. The van der Waals surface area contributed by atoms with E-state index < -0.39 is 0 Å². The number of nitrogens with two attached hydrogens (primary N) is 1. The molecule has 3 aromatic heterocycles. The van der Waals surface area contributed by atoms with Gasteiger partial charge in [0.25, 0.3) is 0 Å². The summed E-state index contributed by atoms with van der Waals surface area (Å²) in [6.07, 6.45) is 6.79. The van der Waals surface area contributed by atoms with Crippen molar-refractivity contribution in [1.29, 1.82) is 0 Å². The molecule has 7 heteroatoms. The van der Waals surface area contributed by atoms with Crippen molar-refractivity contribution in [3.05, 3.63) is 89.7 Å². The summed E-state index contributed by atoms with van der Waals surface area (Å²) in [4.78, 5) is 17.5. The van der Waals surface area contributed by atoms with E-state index in [-0.39, 0.29) is 0 Å². The Morgan fingerprint density at radius 3 is 2.39 bits per heavy atom. The Hall–Kier alpha value is -4.26.